The number of H-pyrrole nitrogens is 1. The summed E-state index contributed by atoms with van der Waals surface area (Å²) in [6, 6.07) is 9.28. The average Bonchev–Trinajstić information content (AvgIpc) is 2.67. The van der Waals surface area contributed by atoms with Gasteiger partial charge in [0.05, 0.1) is 11.9 Å². The van der Waals surface area contributed by atoms with Crippen molar-refractivity contribution in [1.82, 2.24) is 9.97 Å². The Labute approximate surface area is 87.0 Å². The molecule has 0 saturated carbocycles. The predicted octanol–water partition coefficient (Wildman–Crippen LogP) is 0.724. The van der Waals surface area contributed by atoms with Crippen molar-refractivity contribution < 1.29 is 8.42 Å². The lowest BCUT2D eigenvalue weighted by Gasteiger charge is -1.95. The number of nitrogens with zero attached hydrogens (tertiary/aromatic N) is 1. The maximum atomic E-state index is 11.0. The number of benzene rings is 1. The summed E-state index contributed by atoms with van der Waals surface area (Å²) in [7, 11) is -3.76. The van der Waals surface area contributed by atoms with Gasteiger partial charge in [0.25, 0.3) is 10.0 Å². The topological polar surface area (TPSA) is 88.8 Å². The standard InChI is InChI=1S/C9H9N3O2S/c10-15(13,14)9-11-6-8(12-9)7-4-2-1-3-5-7/h1-6H,(H,11,12)(H2,10,13,14). The van der Waals surface area contributed by atoms with Crippen LogP contribution in [0.2, 0.25) is 0 Å². The number of sulfonamides is 1. The quantitative estimate of drug-likeness (QED) is 0.786. The summed E-state index contributed by atoms with van der Waals surface area (Å²) in [5.74, 6) is 0. The summed E-state index contributed by atoms with van der Waals surface area (Å²) < 4.78 is 21.9. The zero-order chi connectivity index (χ0) is 10.9. The van der Waals surface area contributed by atoms with Crippen molar-refractivity contribution in [2.24, 2.45) is 5.14 Å². The average molecular weight is 223 g/mol. The lowest BCUT2D eigenvalue weighted by Crippen LogP contribution is -2.13. The van der Waals surface area contributed by atoms with E-state index in [1.54, 1.807) is 0 Å². The Morgan fingerprint density at radius 3 is 2.40 bits per heavy atom. The summed E-state index contributed by atoms with van der Waals surface area (Å²) in [4.78, 5) is 6.34. The van der Waals surface area contributed by atoms with Gasteiger partial charge in [-0.2, -0.15) is 0 Å². The molecule has 0 saturated heterocycles. The number of aromatic nitrogens is 2. The fourth-order valence-electron chi connectivity index (χ4n) is 1.21. The van der Waals surface area contributed by atoms with Crippen LogP contribution in [0.15, 0.2) is 41.7 Å². The monoisotopic (exact) mass is 223 g/mol. The summed E-state index contributed by atoms with van der Waals surface area (Å²) in [6.07, 6.45) is 1.44. The van der Waals surface area contributed by atoms with Gasteiger partial charge in [-0.05, 0) is 5.56 Å². The SMILES string of the molecule is NS(=O)(=O)c1ncc(-c2ccccc2)[nH]1. The van der Waals surface area contributed by atoms with E-state index < -0.39 is 10.0 Å². The molecule has 0 amide bonds. The number of nitrogens with one attached hydrogen (secondary N) is 1. The van der Waals surface area contributed by atoms with Gasteiger partial charge in [0.15, 0.2) is 0 Å². The molecule has 0 radical (unpaired) electrons. The van der Waals surface area contributed by atoms with E-state index in [0.29, 0.717) is 5.69 Å². The fraction of sp³-hybridized carbons (Fsp3) is 0. The van der Waals surface area contributed by atoms with E-state index in [1.807, 2.05) is 30.3 Å². The molecule has 0 aliphatic carbocycles. The van der Waals surface area contributed by atoms with Gasteiger partial charge in [-0.3, -0.25) is 0 Å². The zero-order valence-corrected chi connectivity index (χ0v) is 8.53. The van der Waals surface area contributed by atoms with Crippen LogP contribution in [0.4, 0.5) is 0 Å². The molecular weight excluding hydrogens is 214 g/mol. The lowest BCUT2D eigenvalue weighted by molar-refractivity contribution is 0.590. The van der Waals surface area contributed by atoms with Gasteiger partial charge in [-0.25, -0.2) is 18.5 Å². The Balaban J connectivity index is 2.46. The van der Waals surface area contributed by atoms with Crippen molar-refractivity contribution in [3.63, 3.8) is 0 Å². The van der Waals surface area contributed by atoms with Gasteiger partial charge in [0, 0.05) is 0 Å². The molecule has 0 bridgehead atoms. The molecule has 2 rings (SSSR count). The van der Waals surface area contributed by atoms with E-state index in [-0.39, 0.29) is 5.16 Å². The van der Waals surface area contributed by atoms with E-state index in [9.17, 15) is 8.42 Å². The largest absolute Gasteiger partial charge is 0.328 e. The van der Waals surface area contributed by atoms with Crippen molar-refractivity contribution >= 4 is 10.0 Å². The third-order valence-corrected chi connectivity index (χ3v) is 2.65. The normalized spacial score (nSPS) is 11.5. The predicted molar refractivity (Wildman–Crippen MR) is 55.4 cm³/mol. The molecule has 0 spiro atoms. The first-order valence-corrected chi connectivity index (χ1v) is 5.75. The number of imidazole rings is 1. The van der Waals surface area contributed by atoms with E-state index in [2.05, 4.69) is 9.97 Å². The zero-order valence-electron chi connectivity index (χ0n) is 7.71. The van der Waals surface area contributed by atoms with Crippen LogP contribution < -0.4 is 5.14 Å². The Morgan fingerprint density at radius 1 is 1.20 bits per heavy atom. The molecule has 3 N–H and O–H groups in total. The van der Waals surface area contributed by atoms with Crippen molar-refractivity contribution in [2.45, 2.75) is 5.16 Å². The number of aromatic amines is 1. The van der Waals surface area contributed by atoms with E-state index >= 15 is 0 Å². The van der Waals surface area contributed by atoms with E-state index in [0.717, 1.165) is 5.56 Å². The highest BCUT2D eigenvalue weighted by atomic mass is 32.2. The molecule has 0 aliphatic heterocycles. The van der Waals surface area contributed by atoms with Gasteiger partial charge in [-0.1, -0.05) is 30.3 Å². The third kappa shape index (κ3) is 2.05. The molecule has 1 aromatic carbocycles. The highest BCUT2D eigenvalue weighted by Crippen LogP contribution is 2.16. The molecule has 0 fully saturated rings. The van der Waals surface area contributed by atoms with Gasteiger partial charge in [0.1, 0.15) is 0 Å². The number of hydrogen-bond donors (Lipinski definition) is 2. The highest BCUT2D eigenvalue weighted by Gasteiger charge is 2.12. The van der Waals surface area contributed by atoms with Crippen LogP contribution in [-0.4, -0.2) is 18.4 Å². The molecule has 5 nitrogen and oxygen atoms in total. The van der Waals surface area contributed by atoms with Gasteiger partial charge >= 0.3 is 0 Å². The molecule has 2 aromatic rings. The molecule has 78 valence electrons. The van der Waals surface area contributed by atoms with Crippen molar-refractivity contribution in [3.8, 4) is 11.3 Å². The van der Waals surface area contributed by atoms with Gasteiger partial charge < -0.3 is 4.98 Å². The minimum absolute atomic E-state index is 0.221. The van der Waals surface area contributed by atoms with Crippen LogP contribution in [0.25, 0.3) is 11.3 Å². The van der Waals surface area contributed by atoms with Crippen LogP contribution >= 0.6 is 0 Å². The van der Waals surface area contributed by atoms with Crippen LogP contribution in [0.5, 0.6) is 0 Å². The third-order valence-electron chi connectivity index (χ3n) is 1.91. The second kappa shape index (κ2) is 3.48. The molecule has 1 aromatic heterocycles. The van der Waals surface area contributed by atoms with E-state index in [4.69, 9.17) is 5.14 Å². The van der Waals surface area contributed by atoms with Gasteiger partial charge in [0.2, 0.25) is 5.16 Å². The molecule has 6 heteroatoms. The maximum absolute atomic E-state index is 11.0. The number of rotatable bonds is 2. The lowest BCUT2D eigenvalue weighted by atomic mass is 10.2. The molecular formula is C9H9N3O2S. The number of primary sulfonamides is 1. The number of hydrogen-bond acceptors (Lipinski definition) is 3. The minimum atomic E-state index is -3.76. The van der Waals surface area contributed by atoms with Crippen molar-refractivity contribution in [1.29, 1.82) is 0 Å². The highest BCUT2D eigenvalue weighted by molar-refractivity contribution is 7.89. The van der Waals surface area contributed by atoms with Gasteiger partial charge in [-0.15, -0.1) is 0 Å². The summed E-state index contributed by atoms with van der Waals surface area (Å²) >= 11 is 0. The first-order valence-electron chi connectivity index (χ1n) is 4.20. The Hall–Kier alpha value is -1.66. The molecule has 15 heavy (non-hydrogen) atoms. The summed E-state index contributed by atoms with van der Waals surface area (Å²) in [5, 5.41) is 4.71. The van der Waals surface area contributed by atoms with E-state index in [1.165, 1.54) is 6.20 Å². The minimum Gasteiger partial charge on any atom is -0.328 e. The van der Waals surface area contributed by atoms with Crippen LogP contribution in [0.3, 0.4) is 0 Å². The van der Waals surface area contributed by atoms with Crippen LogP contribution in [0, 0.1) is 0 Å². The molecule has 0 aliphatic rings. The maximum Gasteiger partial charge on any atom is 0.271 e. The summed E-state index contributed by atoms with van der Waals surface area (Å²) in [5.41, 5.74) is 1.49. The van der Waals surface area contributed by atoms with Crippen LogP contribution in [-0.2, 0) is 10.0 Å². The van der Waals surface area contributed by atoms with Crippen molar-refractivity contribution in [3.05, 3.63) is 36.5 Å². The Kier molecular flexibility index (Phi) is 2.29. The second-order valence-electron chi connectivity index (χ2n) is 3.01. The summed E-state index contributed by atoms with van der Waals surface area (Å²) in [6.45, 7) is 0. The molecule has 0 atom stereocenters. The number of nitrogens with two attached hydrogens (primary N) is 1. The molecule has 1 heterocycles. The second-order valence-corrected chi connectivity index (χ2v) is 4.49. The first kappa shape index (κ1) is 9.88. The van der Waals surface area contributed by atoms with Crippen LogP contribution in [0.1, 0.15) is 0 Å². The Bertz CT molecular complexity index is 560. The van der Waals surface area contributed by atoms with Crippen molar-refractivity contribution in [2.75, 3.05) is 0 Å². The Morgan fingerprint density at radius 2 is 1.87 bits per heavy atom. The fourth-order valence-corrected chi connectivity index (χ4v) is 1.66. The first-order chi connectivity index (χ1) is 7.07. The molecule has 0 unspecified atom stereocenters. The smallest absolute Gasteiger partial charge is 0.271 e.